The van der Waals surface area contributed by atoms with Gasteiger partial charge in [0.1, 0.15) is 6.54 Å². The number of carbonyl (C=O) groups is 1. The van der Waals surface area contributed by atoms with E-state index in [1.54, 1.807) is 37.3 Å². The van der Waals surface area contributed by atoms with Crippen LogP contribution in [0.4, 0.5) is 5.69 Å². The lowest BCUT2D eigenvalue weighted by Crippen LogP contribution is -2.13. The number of hydrogen-bond acceptors (Lipinski definition) is 6. The van der Waals surface area contributed by atoms with Crippen LogP contribution in [0, 0.1) is 17.0 Å². The van der Waals surface area contributed by atoms with E-state index in [2.05, 4.69) is 15.4 Å². The Kier molecular flexibility index (Phi) is 4.53. The van der Waals surface area contributed by atoms with Crippen LogP contribution in [0.3, 0.4) is 0 Å². The third-order valence-electron chi connectivity index (χ3n) is 3.55. The summed E-state index contributed by atoms with van der Waals surface area (Å²) in [5, 5.41) is 23.4. The Labute approximate surface area is 147 Å². The molecule has 0 aliphatic heterocycles. The van der Waals surface area contributed by atoms with Crippen molar-refractivity contribution >= 4 is 23.1 Å². The van der Waals surface area contributed by atoms with Crippen molar-refractivity contribution in [1.82, 2.24) is 20.2 Å². The molecule has 3 aromatic rings. The third-order valence-corrected chi connectivity index (χ3v) is 3.78. The Hall–Kier alpha value is -3.13. The first kappa shape index (κ1) is 16.7. The quantitative estimate of drug-likeness (QED) is 0.395. The second kappa shape index (κ2) is 6.78. The van der Waals surface area contributed by atoms with Gasteiger partial charge in [0.15, 0.2) is 5.78 Å². The Morgan fingerprint density at radius 2 is 2.08 bits per heavy atom. The van der Waals surface area contributed by atoms with Gasteiger partial charge in [-0.05, 0) is 24.3 Å². The number of rotatable bonds is 5. The first-order valence-corrected chi connectivity index (χ1v) is 7.64. The van der Waals surface area contributed by atoms with Gasteiger partial charge in [0.2, 0.25) is 5.82 Å². The average molecular weight is 358 g/mol. The minimum atomic E-state index is -0.517. The molecule has 8 nitrogen and oxygen atoms in total. The summed E-state index contributed by atoms with van der Waals surface area (Å²) in [5.74, 6) is -0.0108. The summed E-state index contributed by atoms with van der Waals surface area (Å²) in [5.41, 5.74) is 1.29. The molecular formula is C16H12ClN5O3. The smallest absolute Gasteiger partial charge is 0.273 e. The number of carbonyl (C=O) groups excluding carboxylic acids is 1. The van der Waals surface area contributed by atoms with Crippen molar-refractivity contribution in [2.75, 3.05) is 0 Å². The number of tetrazole rings is 1. The number of ketones is 1. The number of nitro benzene ring substituents is 1. The summed E-state index contributed by atoms with van der Waals surface area (Å²) in [6.45, 7) is 1.44. The lowest BCUT2D eigenvalue weighted by molar-refractivity contribution is -0.385. The molecule has 25 heavy (non-hydrogen) atoms. The molecule has 9 heteroatoms. The number of aromatic nitrogens is 4. The number of halogens is 1. The predicted octanol–water partition coefficient (Wildman–Crippen LogP) is 3.09. The van der Waals surface area contributed by atoms with E-state index in [1.165, 1.54) is 12.1 Å². The molecule has 0 spiro atoms. The van der Waals surface area contributed by atoms with Crippen molar-refractivity contribution in [3.05, 3.63) is 68.7 Å². The molecule has 0 fully saturated rings. The molecule has 0 unspecified atom stereocenters. The summed E-state index contributed by atoms with van der Waals surface area (Å²) >= 11 is 5.93. The van der Waals surface area contributed by atoms with E-state index in [9.17, 15) is 14.9 Å². The van der Waals surface area contributed by atoms with Gasteiger partial charge in [0.25, 0.3) is 5.69 Å². The predicted molar refractivity (Wildman–Crippen MR) is 90.4 cm³/mol. The van der Waals surface area contributed by atoms with Crippen molar-refractivity contribution in [2.45, 2.75) is 13.5 Å². The zero-order valence-electron chi connectivity index (χ0n) is 13.1. The SMILES string of the molecule is Cc1ccc(C(=O)Cn2nnc(-c3cccc(Cl)c3)n2)cc1[N+](=O)[O-]. The maximum Gasteiger partial charge on any atom is 0.273 e. The zero-order chi connectivity index (χ0) is 18.0. The number of aryl methyl sites for hydroxylation is 1. The zero-order valence-corrected chi connectivity index (χ0v) is 13.8. The fourth-order valence-electron chi connectivity index (χ4n) is 2.25. The highest BCUT2D eigenvalue weighted by Crippen LogP contribution is 2.20. The number of Topliss-reactive ketones (excluding diaryl/α,β-unsaturated/α-hetero) is 1. The van der Waals surface area contributed by atoms with Crippen LogP contribution in [-0.2, 0) is 6.54 Å². The largest absolute Gasteiger partial charge is 0.292 e. The lowest BCUT2D eigenvalue weighted by atomic mass is 10.1. The second-order valence-electron chi connectivity index (χ2n) is 5.34. The summed E-state index contributed by atoms with van der Waals surface area (Å²) in [6, 6.07) is 11.3. The standard InChI is InChI=1S/C16H12ClN5O3/c1-10-5-6-11(8-14(10)22(24)25)15(23)9-21-19-16(18-20-21)12-3-2-4-13(17)7-12/h2-8H,9H2,1H3. The summed E-state index contributed by atoms with van der Waals surface area (Å²) in [4.78, 5) is 23.9. The van der Waals surface area contributed by atoms with Crippen LogP contribution in [0.5, 0.6) is 0 Å². The van der Waals surface area contributed by atoms with Crippen molar-refractivity contribution in [2.24, 2.45) is 0 Å². The first-order chi connectivity index (χ1) is 11.9. The highest BCUT2D eigenvalue weighted by atomic mass is 35.5. The summed E-state index contributed by atoms with van der Waals surface area (Å²) < 4.78 is 0. The normalized spacial score (nSPS) is 10.6. The Morgan fingerprint density at radius 1 is 1.28 bits per heavy atom. The van der Waals surface area contributed by atoms with Crippen LogP contribution >= 0.6 is 11.6 Å². The van der Waals surface area contributed by atoms with Gasteiger partial charge in [0.05, 0.1) is 4.92 Å². The van der Waals surface area contributed by atoms with E-state index >= 15 is 0 Å². The summed E-state index contributed by atoms with van der Waals surface area (Å²) in [6.07, 6.45) is 0. The molecule has 0 saturated carbocycles. The van der Waals surface area contributed by atoms with Crippen LogP contribution in [0.25, 0.3) is 11.4 Å². The van der Waals surface area contributed by atoms with Crippen LogP contribution in [0.15, 0.2) is 42.5 Å². The molecule has 1 heterocycles. The number of nitrogens with zero attached hydrogens (tertiary/aromatic N) is 5. The highest BCUT2D eigenvalue weighted by molar-refractivity contribution is 6.30. The van der Waals surface area contributed by atoms with Gasteiger partial charge < -0.3 is 0 Å². The molecule has 0 aliphatic rings. The van der Waals surface area contributed by atoms with Gasteiger partial charge in [0, 0.05) is 27.8 Å². The molecule has 0 saturated heterocycles. The van der Waals surface area contributed by atoms with Crippen LogP contribution < -0.4 is 0 Å². The van der Waals surface area contributed by atoms with Crippen molar-refractivity contribution in [1.29, 1.82) is 0 Å². The first-order valence-electron chi connectivity index (χ1n) is 7.26. The van der Waals surface area contributed by atoms with Crippen molar-refractivity contribution in [3.8, 4) is 11.4 Å². The van der Waals surface area contributed by atoms with Crippen molar-refractivity contribution < 1.29 is 9.72 Å². The second-order valence-corrected chi connectivity index (χ2v) is 5.77. The molecule has 2 aromatic carbocycles. The molecule has 3 rings (SSSR count). The van der Waals surface area contributed by atoms with Gasteiger partial charge in [-0.15, -0.1) is 10.2 Å². The van der Waals surface area contributed by atoms with Crippen LogP contribution in [0.2, 0.25) is 5.02 Å². The molecule has 0 aliphatic carbocycles. The van der Waals surface area contributed by atoms with E-state index in [4.69, 9.17) is 11.6 Å². The fraction of sp³-hybridized carbons (Fsp3) is 0.125. The Bertz CT molecular complexity index is 970. The van der Waals surface area contributed by atoms with Gasteiger partial charge in [-0.3, -0.25) is 14.9 Å². The number of hydrogen-bond donors (Lipinski definition) is 0. The lowest BCUT2D eigenvalue weighted by Gasteiger charge is -2.02. The molecule has 126 valence electrons. The molecule has 0 amide bonds. The van der Waals surface area contributed by atoms with E-state index in [0.717, 1.165) is 4.80 Å². The Balaban J connectivity index is 1.80. The molecule has 0 bridgehead atoms. The van der Waals surface area contributed by atoms with Gasteiger partial charge in [-0.1, -0.05) is 35.9 Å². The maximum absolute atomic E-state index is 12.3. The topological polar surface area (TPSA) is 104 Å². The average Bonchev–Trinajstić information content (AvgIpc) is 3.03. The van der Waals surface area contributed by atoms with E-state index in [0.29, 0.717) is 22.0 Å². The molecule has 1 aromatic heterocycles. The summed E-state index contributed by atoms with van der Waals surface area (Å²) in [7, 11) is 0. The van der Waals surface area contributed by atoms with E-state index in [1.807, 2.05) is 0 Å². The van der Waals surface area contributed by atoms with Crippen LogP contribution in [0.1, 0.15) is 15.9 Å². The van der Waals surface area contributed by atoms with Crippen molar-refractivity contribution in [3.63, 3.8) is 0 Å². The minimum Gasteiger partial charge on any atom is -0.292 e. The van der Waals surface area contributed by atoms with Gasteiger partial charge >= 0.3 is 0 Å². The number of benzene rings is 2. The molecule has 0 radical (unpaired) electrons. The molecular weight excluding hydrogens is 346 g/mol. The number of nitro groups is 1. The minimum absolute atomic E-state index is 0.1000. The van der Waals surface area contributed by atoms with Gasteiger partial charge in [-0.25, -0.2) is 0 Å². The third kappa shape index (κ3) is 3.69. The Morgan fingerprint density at radius 3 is 2.80 bits per heavy atom. The highest BCUT2D eigenvalue weighted by Gasteiger charge is 2.16. The molecule has 0 N–H and O–H groups in total. The van der Waals surface area contributed by atoms with E-state index < -0.39 is 4.92 Å². The maximum atomic E-state index is 12.3. The monoisotopic (exact) mass is 357 g/mol. The molecule has 0 atom stereocenters. The van der Waals surface area contributed by atoms with E-state index in [-0.39, 0.29) is 23.6 Å². The van der Waals surface area contributed by atoms with Gasteiger partial charge in [-0.2, -0.15) is 4.80 Å². The fourth-order valence-corrected chi connectivity index (χ4v) is 2.44. The van der Waals surface area contributed by atoms with Crippen LogP contribution in [-0.4, -0.2) is 30.9 Å².